The molecule has 0 heterocycles. The summed E-state index contributed by atoms with van der Waals surface area (Å²) < 4.78 is 0. The van der Waals surface area contributed by atoms with E-state index in [2.05, 4.69) is 26.1 Å². The molecule has 0 bridgehead atoms. The van der Waals surface area contributed by atoms with Gasteiger partial charge in [-0.15, -0.1) is 0 Å². The number of amides is 1. The van der Waals surface area contributed by atoms with E-state index in [-0.39, 0.29) is 23.8 Å². The highest BCUT2D eigenvalue weighted by Crippen LogP contribution is 2.22. The third-order valence-corrected chi connectivity index (χ3v) is 3.51. The van der Waals surface area contributed by atoms with E-state index in [1.165, 1.54) is 0 Å². The van der Waals surface area contributed by atoms with Crippen LogP contribution in [-0.2, 0) is 9.59 Å². The second-order valence-corrected chi connectivity index (χ2v) is 6.88. The molecule has 0 saturated carbocycles. The number of carbonyl (C=O) groups excluding carboxylic acids is 1. The van der Waals surface area contributed by atoms with Gasteiger partial charge in [-0.25, -0.2) is 0 Å². The molecule has 22 heavy (non-hydrogen) atoms. The molecule has 1 amide bonds. The maximum atomic E-state index is 12.1. The van der Waals surface area contributed by atoms with Crippen LogP contribution >= 0.6 is 0 Å². The zero-order valence-corrected chi connectivity index (χ0v) is 13.8. The van der Waals surface area contributed by atoms with Gasteiger partial charge in [0.2, 0.25) is 5.91 Å². The van der Waals surface area contributed by atoms with Crippen molar-refractivity contribution in [1.29, 1.82) is 0 Å². The Bertz CT molecular complexity index is 477. The molecule has 0 aliphatic carbocycles. The van der Waals surface area contributed by atoms with Gasteiger partial charge < -0.3 is 10.4 Å². The molecule has 1 aromatic carbocycles. The molecule has 1 rings (SSSR count). The van der Waals surface area contributed by atoms with Gasteiger partial charge in [-0.2, -0.15) is 0 Å². The average molecular weight is 305 g/mol. The van der Waals surface area contributed by atoms with E-state index in [0.717, 1.165) is 18.4 Å². The van der Waals surface area contributed by atoms with Gasteiger partial charge >= 0.3 is 5.97 Å². The summed E-state index contributed by atoms with van der Waals surface area (Å²) in [5, 5.41) is 11.8. The van der Waals surface area contributed by atoms with Crippen LogP contribution in [0.5, 0.6) is 0 Å². The third kappa shape index (κ3) is 7.81. The van der Waals surface area contributed by atoms with Crippen molar-refractivity contribution in [3.63, 3.8) is 0 Å². The number of carbonyl (C=O) groups is 2. The lowest BCUT2D eigenvalue weighted by Gasteiger charge is -2.20. The minimum atomic E-state index is -0.845. The number of hydrogen-bond donors (Lipinski definition) is 2. The zero-order valence-electron chi connectivity index (χ0n) is 13.8. The Morgan fingerprint density at radius 1 is 1.14 bits per heavy atom. The van der Waals surface area contributed by atoms with Crippen molar-refractivity contribution in [3.05, 3.63) is 35.9 Å². The van der Waals surface area contributed by atoms with Crippen molar-refractivity contribution in [3.8, 4) is 0 Å². The van der Waals surface area contributed by atoms with Gasteiger partial charge in [-0.3, -0.25) is 9.59 Å². The van der Waals surface area contributed by atoms with E-state index in [0.29, 0.717) is 12.8 Å². The zero-order chi connectivity index (χ0) is 16.6. The van der Waals surface area contributed by atoms with Gasteiger partial charge in [0.1, 0.15) is 0 Å². The normalized spacial score (nSPS) is 12.7. The Hall–Kier alpha value is -1.84. The van der Waals surface area contributed by atoms with Gasteiger partial charge in [-0.05, 0) is 30.2 Å². The number of carboxylic acid groups (broad SMARTS) is 1. The highest BCUT2D eigenvalue weighted by molar-refractivity contribution is 5.76. The molecule has 0 aromatic heterocycles. The number of rotatable bonds is 8. The lowest BCUT2D eigenvalue weighted by atomic mass is 9.90. The van der Waals surface area contributed by atoms with Crippen molar-refractivity contribution in [2.24, 2.45) is 5.41 Å². The lowest BCUT2D eigenvalue weighted by Crippen LogP contribution is -2.29. The van der Waals surface area contributed by atoms with E-state index < -0.39 is 5.97 Å². The van der Waals surface area contributed by atoms with Crippen LogP contribution in [0.3, 0.4) is 0 Å². The summed E-state index contributed by atoms with van der Waals surface area (Å²) in [4.78, 5) is 22.9. The number of benzene rings is 1. The van der Waals surface area contributed by atoms with Gasteiger partial charge in [0.05, 0.1) is 6.04 Å². The Balaban J connectivity index is 2.56. The second kappa shape index (κ2) is 8.57. The smallest absolute Gasteiger partial charge is 0.303 e. The van der Waals surface area contributed by atoms with E-state index in [1.54, 1.807) is 0 Å². The number of carboxylic acids is 1. The fourth-order valence-electron chi connectivity index (χ4n) is 2.32. The van der Waals surface area contributed by atoms with Crippen LogP contribution in [-0.4, -0.2) is 17.0 Å². The first-order chi connectivity index (χ1) is 10.3. The first kappa shape index (κ1) is 18.2. The number of aliphatic carboxylic acids is 1. The highest BCUT2D eigenvalue weighted by Gasteiger charge is 2.17. The predicted octanol–water partition coefficient (Wildman–Crippen LogP) is 3.93. The monoisotopic (exact) mass is 305 g/mol. The molecular weight excluding hydrogens is 278 g/mol. The molecule has 0 aliphatic rings. The van der Waals surface area contributed by atoms with Gasteiger partial charge in [0, 0.05) is 12.8 Å². The van der Waals surface area contributed by atoms with Crippen LogP contribution in [0.25, 0.3) is 0 Å². The van der Waals surface area contributed by atoms with Crippen molar-refractivity contribution in [2.75, 3.05) is 0 Å². The first-order valence-electron chi connectivity index (χ1n) is 7.84. The summed E-state index contributed by atoms with van der Waals surface area (Å²) in [6, 6.07) is 9.30. The Labute approximate surface area is 132 Å². The molecule has 4 nitrogen and oxygen atoms in total. The molecule has 4 heteroatoms. The fourth-order valence-corrected chi connectivity index (χ4v) is 2.32. The molecule has 0 fully saturated rings. The van der Waals surface area contributed by atoms with E-state index in [9.17, 15) is 9.59 Å². The van der Waals surface area contributed by atoms with Gasteiger partial charge in [-0.1, -0.05) is 51.1 Å². The summed E-state index contributed by atoms with van der Waals surface area (Å²) in [7, 11) is 0. The quantitative estimate of drug-likeness (QED) is 0.765. The fraction of sp³-hybridized carbons (Fsp3) is 0.556. The minimum absolute atomic E-state index is 0.0107. The van der Waals surface area contributed by atoms with Crippen LogP contribution < -0.4 is 5.32 Å². The molecule has 0 spiro atoms. The van der Waals surface area contributed by atoms with Crippen LogP contribution in [0.4, 0.5) is 0 Å². The topological polar surface area (TPSA) is 66.4 Å². The van der Waals surface area contributed by atoms with Crippen LogP contribution in [0.1, 0.15) is 64.5 Å². The lowest BCUT2D eigenvalue weighted by molar-refractivity contribution is -0.137. The van der Waals surface area contributed by atoms with E-state index in [1.807, 2.05) is 30.3 Å². The second-order valence-electron chi connectivity index (χ2n) is 6.88. The molecule has 0 aliphatic heterocycles. The minimum Gasteiger partial charge on any atom is -0.481 e. The molecule has 0 saturated heterocycles. The van der Waals surface area contributed by atoms with Gasteiger partial charge in [0.25, 0.3) is 0 Å². The number of nitrogens with one attached hydrogen (secondary N) is 1. The molecular formula is C18H27NO3. The van der Waals surface area contributed by atoms with Crippen LogP contribution in [0.15, 0.2) is 30.3 Å². The predicted molar refractivity (Wildman–Crippen MR) is 87.5 cm³/mol. The Kier molecular flexibility index (Phi) is 7.09. The van der Waals surface area contributed by atoms with Crippen molar-refractivity contribution < 1.29 is 14.7 Å². The first-order valence-corrected chi connectivity index (χ1v) is 7.84. The summed E-state index contributed by atoms with van der Waals surface area (Å²) in [6.45, 7) is 6.47. The summed E-state index contributed by atoms with van der Waals surface area (Å²) in [5.41, 5.74) is 1.18. The molecule has 1 unspecified atom stereocenters. The summed E-state index contributed by atoms with van der Waals surface area (Å²) >= 11 is 0. The van der Waals surface area contributed by atoms with Crippen molar-refractivity contribution in [1.82, 2.24) is 5.32 Å². The van der Waals surface area contributed by atoms with E-state index in [4.69, 9.17) is 5.11 Å². The summed E-state index contributed by atoms with van der Waals surface area (Å²) in [6.07, 6.45) is 2.77. The average Bonchev–Trinajstić information content (AvgIpc) is 2.42. The highest BCUT2D eigenvalue weighted by atomic mass is 16.4. The Morgan fingerprint density at radius 3 is 2.32 bits per heavy atom. The SMILES string of the molecule is CC(C)(C)CCCC(=O)NC(CCC(=O)O)c1ccccc1. The maximum absolute atomic E-state index is 12.1. The van der Waals surface area contributed by atoms with Crippen molar-refractivity contribution >= 4 is 11.9 Å². The largest absolute Gasteiger partial charge is 0.481 e. The Morgan fingerprint density at radius 2 is 1.77 bits per heavy atom. The van der Waals surface area contributed by atoms with Gasteiger partial charge in [0.15, 0.2) is 0 Å². The molecule has 122 valence electrons. The van der Waals surface area contributed by atoms with Crippen molar-refractivity contribution in [2.45, 2.75) is 58.9 Å². The summed E-state index contributed by atoms with van der Waals surface area (Å²) in [5.74, 6) is -0.855. The molecule has 1 aromatic rings. The van der Waals surface area contributed by atoms with Crippen LogP contribution in [0, 0.1) is 5.41 Å². The maximum Gasteiger partial charge on any atom is 0.303 e. The third-order valence-electron chi connectivity index (χ3n) is 3.51. The number of hydrogen-bond acceptors (Lipinski definition) is 2. The standard InChI is InChI=1S/C18H27NO3/c1-18(2,3)13-7-10-16(20)19-15(11-12-17(21)22)14-8-5-4-6-9-14/h4-6,8-9,15H,7,10-13H2,1-3H3,(H,19,20)(H,21,22). The van der Waals surface area contributed by atoms with E-state index >= 15 is 0 Å². The molecule has 0 radical (unpaired) electrons. The molecule has 2 N–H and O–H groups in total. The van der Waals surface area contributed by atoms with Crippen LogP contribution in [0.2, 0.25) is 0 Å². The molecule has 1 atom stereocenters.